The second-order valence-corrected chi connectivity index (χ2v) is 10.1. The van der Waals surface area contributed by atoms with Gasteiger partial charge in [-0.25, -0.2) is 0 Å². The van der Waals surface area contributed by atoms with Gasteiger partial charge in [0.1, 0.15) is 0 Å². The van der Waals surface area contributed by atoms with E-state index in [1.807, 2.05) is 0 Å². The molecule has 0 amide bonds. The fourth-order valence-electron chi connectivity index (χ4n) is 6.01. The molecular weight excluding hydrogens is 432 g/mol. The van der Waals surface area contributed by atoms with Crippen LogP contribution in [0.15, 0.2) is 121 Å². The molecule has 0 fully saturated rings. The van der Waals surface area contributed by atoms with Gasteiger partial charge in [0.15, 0.2) is 0 Å². The van der Waals surface area contributed by atoms with Gasteiger partial charge in [-0.05, 0) is 98.2 Å². The normalized spacial score (nSPS) is 13.9. The Balaban J connectivity index is 1.26. The van der Waals surface area contributed by atoms with E-state index in [0.29, 0.717) is 0 Å². The van der Waals surface area contributed by atoms with E-state index in [0.717, 1.165) is 25.7 Å². The highest BCUT2D eigenvalue weighted by Gasteiger charge is 2.22. The Kier molecular flexibility index (Phi) is 5.17. The number of allylic oxidation sites excluding steroid dienone is 4. The summed E-state index contributed by atoms with van der Waals surface area (Å²) in [6.07, 6.45) is 10.9. The fraction of sp³-hybridized carbons (Fsp3) is 0.111. The molecule has 172 valence electrons. The smallest absolute Gasteiger partial charge is 0.00133 e. The Labute approximate surface area is 213 Å². The number of fused-ring (bicyclic) bond motifs is 4. The first-order valence-electron chi connectivity index (χ1n) is 13.0. The Hall–Kier alpha value is -4.16. The summed E-state index contributed by atoms with van der Waals surface area (Å²) in [5.74, 6) is 0. The average Bonchev–Trinajstić information content (AvgIpc) is 3.32. The van der Waals surface area contributed by atoms with Gasteiger partial charge >= 0.3 is 0 Å². The van der Waals surface area contributed by atoms with Gasteiger partial charge in [0.05, 0.1) is 0 Å². The van der Waals surface area contributed by atoms with Gasteiger partial charge in [-0.3, -0.25) is 0 Å². The molecule has 5 aromatic rings. The van der Waals surface area contributed by atoms with Crippen molar-refractivity contribution in [3.05, 3.63) is 149 Å². The predicted octanol–water partition coefficient (Wildman–Crippen LogP) is 9.40. The lowest BCUT2D eigenvalue weighted by molar-refractivity contribution is 1.05. The van der Waals surface area contributed by atoms with E-state index in [1.54, 1.807) is 0 Å². The summed E-state index contributed by atoms with van der Waals surface area (Å²) in [6, 6.07) is 38.5. The number of hydrogen-bond acceptors (Lipinski definition) is 0. The molecule has 0 aliphatic heterocycles. The second-order valence-electron chi connectivity index (χ2n) is 10.1. The van der Waals surface area contributed by atoms with Crippen molar-refractivity contribution in [3.63, 3.8) is 0 Å². The van der Waals surface area contributed by atoms with E-state index < -0.39 is 0 Å². The zero-order chi connectivity index (χ0) is 23.9. The molecule has 0 saturated heterocycles. The molecule has 2 aliphatic rings. The first kappa shape index (κ1) is 21.1. The van der Waals surface area contributed by atoms with Crippen LogP contribution in [0.1, 0.15) is 40.7 Å². The molecule has 0 atom stereocenters. The molecule has 5 aromatic carbocycles. The van der Waals surface area contributed by atoms with Crippen LogP contribution in [0.5, 0.6) is 0 Å². The molecule has 0 bridgehead atoms. The minimum Gasteiger partial charge on any atom is -0.0842 e. The molecule has 0 radical (unpaired) electrons. The third-order valence-corrected chi connectivity index (χ3v) is 7.83. The topological polar surface area (TPSA) is 0 Å². The first-order chi connectivity index (χ1) is 17.8. The third kappa shape index (κ3) is 3.71. The highest BCUT2D eigenvalue weighted by Crippen LogP contribution is 2.42. The summed E-state index contributed by atoms with van der Waals surface area (Å²) in [5, 5.41) is 2.61. The fourth-order valence-corrected chi connectivity index (χ4v) is 6.01. The Bertz CT molecular complexity index is 1660. The van der Waals surface area contributed by atoms with Gasteiger partial charge in [0.2, 0.25) is 0 Å². The Morgan fingerprint density at radius 1 is 0.639 bits per heavy atom. The lowest BCUT2D eigenvalue weighted by Crippen LogP contribution is -1.94. The van der Waals surface area contributed by atoms with Gasteiger partial charge in [0, 0.05) is 0 Å². The quantitative estimate of drug-likeness (QED) is 0.246. The van der Waals surface area contributed by atoms with Crippen LogP contribution in [-0.2, 0) is 12.8 Å². The van der Waals surface area contributed by atoms with E-state index in [9.17, 15) is 0 Å². The van der Waals surface area contributed by atoms with Gasteiger partial charge in [-0.15, -0.1) is 0 Å². The highest BCUT2D eigenvalue weighted by molar-refractivity contribution is 5.98. The number of benzene rings is 5. The van der Waals surface area contributed by atoms with E-state index in [-0.39, 0.29) is 0 Å². The summed E-state index contributed by atoms with van der Waals surface area (Å²) >= 11 is 0. The molecule has 0 aromatic heterocycles. The molecule has 2 aliphatic carbocycles. The van der Waals surface area contributed by atoms with Crippen molar-refractivity contribution in [1.29, 1.82) is 0 Å². The van der Waals surface area contributed by atoms with E-state index in [2.05, 4.69) is 121 Å². The molecule has 0 heteroatoms. The number of hydrogen-bond donors (Lipinski definition) is 0. The molecule has 0 spiro atoms. The van der Waals surface area contributed by atoms with Gasteiger partial charge in [-0.1, -0.05) is 115 Å². The minimum atomic E-state index is 0.959. The van der Waals surface area contributed by atoms with Crippen LogP contribution in [0.4, 0.5) is 0 Å². The largest absolute Gasteiger partial charge is 0.0842 e. The van der Waals surface area contributed by atoms with Crippen LogP contribution >= 0.6 is 0 Å². The monoisotopic (exact) mass is 460 g/mol. The van der Waals surface area contributed by atoms with Crippen LogP contribution in [0.3, 0.4) is 0 Å². The van der Waals surface area contributed by atoms with Crippen molar-refractivity contribution in [2.45, 2.75) is 25.7 Å². The molecule has 0 nitrogen and oxygen atoms in total. The minimum absolute atomic E-state index is 0.959. The summed E-state index contributed by atoms with van der Waals surface area (Å²) in [7, 11) is 0. The molecule has 7 rings (SSSR count). The lowest BCUT2D eigenvalue weighted by atomic mass is 9.91. The maximum Gasteiger partial charge on any atom is -0.00133 e. The van der Waals surface area contributed by atoms with Crippen LogP contribution in [0, 0.1) is 0 Å². The highest BCUT2D eigenvalue weighted by atomic mass is 14.3. The SMILES string of the molecule is C1=CCCC(c2ccc(Cc3cccc4c3-c3cc(-c5cccc6ccccc56)ccc3C4)cc2)=C1. The molecular formula is C36H28. The van der Waals surface area contributed by atoms with Crippen LogP contribution in [0.2, 0.25) is 0 Å². The molecule has 0 unspecified atom stereocenters. The van der Waals surface area contributed by atoms with Crippen molar-refractivity contribution < 1.29 is 0 Å². The lowest BCUT2D eigenvalue weighted by Gasteiger charge is -2.13. The third-order valence-electron chi connectivity index (χ3n) is 7.83. The number of rotatable bonds is 4. The average molecular weight is 461 g/mol. The summed E-state index contributed by atoms with van der Waals surface area (Å²) in [4.78, 5) is 0. The van der Waals surface area contributed by atoms with Crippen molar-refractivity contribution in [2.75, 3.05) is 0 Å². The predicted molar refractivity (Wildman–Crippen MR) is 153 cm³/mol. The van der Waals surface area contributed by atoms with E-state index in [1.165, 1.54) is 66.4 Å². The Morgan fingerprint density at radius 2 is 1.47 bits per heavy atom. The van der Waals surface area contributed by atoms with Gasteiger partial charge in [-0.2, -0.15) is 0 Å². The van der Waals surface area contributed by atoms with Crippen LogP contribution in [-0.4, -0.2) is 0 Å². The van der Waals surface area contributed by atoms with Crippen molar-refractivity contribution in [3.8, 4) is 22.3 Å². The Morgan fingerprint density at radius 3 is 2.36 bits per heavy atom. The zero-order valence-corrected chi connectivity index (χ0v) is 20.4. The first-order valence-corrected chi connectivity index (χ1v) is 13.0. The van der Waals surface area contributed by atoms with E-state index >= 15 is 0 Å². The van der Waals surface area contributed by atoms with Crippen LogP contribution < -0.4 is 0 Å². The molecule has 36 heavy (non-hydrogen) atoms. The molecule has 0 heterocycles. The van der Waals surface area contributed by atoms with Crippen molar-refractivity contribution in [1.82, 2.24) is 0 Å². The zero-order valence-electron chi connectivity index (χ0n) is 20.4. The van der Waals surface area contributed by atoms with Crippen molar-refractivity contribution in [2.24, 2.45) is 0 Å². The van der Waals surface area contributed by atoms with Gasteiger partial charge in [0.25, 0.3) is 0 Å². The van der Waals surface area contributed by atoms with Gasteiger partial charge < -0.3 is 0 Å². The van der Waals surface area contributed by atoms with Crippen LogP contribution in [0.25, 0.3) is 38.6 Å². The van der Waals surface area contributed by atoms with Crippen molar-refractivity contribution >= 4 is 16.3 Å². The summed E-state index contributed by atoms with van der Waals surface area (Å²) in [6.45, 7) is 0. The standard InChI is InChI=1S/C36H28/c1-2-8-26(9-3-1)27-18-16-25(17-19-27)22-31-12-6-13-32-23-29-20-21-30(24-35(29)36(31)32)34-15-7-11-28-10-4-5-14-33(28)34/h1-2,4-8,10-21,24H,3,9,22-23H2. The maximum atomic E-state index is 2.43. The summed E-state index contributed by atoms with van der Waals surface area (Å²) in [5.41, 5.74) is 13.9. The summed E-state index contributed by atoms with van der Waals surface area (Å²) < 4.78 is 0. The molecule has 0 saturated carbocycles. The van der Waals surface area contributed by atoms with E-state index in [4.69, 9.17) is 0 Å². The second kappa shape index (κ2) is 8.81. The molecule has 0 N–H and O–H groups in total. The maximum absolute atomic E-state index is 2.43.